The number of hydrogen-bond donors (Lipinski definition) is 1. The fourth-order valence-corrected chi connectivity index (χ4v) is 4.54. The third-order valence-corrected chi connectivity index (χ3v) is 7.22. The minimum Gasteiger partial charge on any atom is -0.338 e. The van der Waals surface area contributed by atoms with Crippen molar-refractivity contribution >= 4 is 27.9 Å². The molecule has 1 aromatic rings. The summed E-state index contributed by atoms with van der Waals surface area (Å²) in [6.45, 7) is 3.35. The molecule has 0 radical (unpaired) electrons. The van der Waals surface area contributed by atoms with Crippen LogP contribution in [0.2, 0.25) is 0 Å². The minimum absolute atomic E-state index is 0.00857. The highest BCUT2D eigenvalue weighted by Gasteiger charge is 2.49. The molecule has 9 nitrogen and oxygen atoms in total. The minimum atomic E-state index is -3.32. The first-order valence-corrected chi connectivity index (χ1v) is 10.8. The van der Waals surface area contributed by atoms with Crippen LogP contribution in [0.4, 0.5) is 9.18 Å². The second-order valence-electron chi connectivity index (χ2n) is 7.13. The Labute approximate surface area is 168 Å². The van der Waals surface area contributed by atoms with Gasteiger partial charge in [0.1, 0.15) is 17.9 Å². The van der Waals surface area contributed by atoms with Gasteiger partial charge in [-0.3, -0.25) is 14.5 Å². The Balaban J connectivity index is 1.66. The van der Waals surface area contributed by atoms with Gasteiger partial charge >= 0.3 is 6.03 Å². The van der Waals surface area contributed by atoms with Gasteiger partial charge in [-0.05, 0) is 31.5 Å². The fourth-order valence-electron chi connectivity index (χ4n) is 3.45. The molecule has 0 saturated carbocycles. The lowest BCUT2D eigenvalue weighted by Gasteiger charge is -2.34. The van der Waals surface area contributed by atoms with E-state index in [0.717, 1.165) is 4.90 Å². The summed E-state index contributed by atoms with van der Waals surface area (Å²) in [5.74, 6) is -1.52. The van der Waals surface area contributed by atoms with Crippen molar-refractivity contribution < 1.29 is 27.2 Å². The van der Waals surface area contributed by atoms with Gasteiger partial charge in [-0.2, -0.15) is 4.31 Å². The largest absolute Gasteiger partial charge is 0.338 e. The molecule has 2 aliphatic rings. The standard InChI is InChI=1S/C18H23FN4O5S/c1-3-29(27,28)22-10-8-21(9-11-22)15(24)12-23-16(25)18(2,20-17(23)26)13-4-6-14(19)7-5-13/h4-7H,3,8-12H2,1-2H3,(H,20,26). The van der Waals surface area contributed by atoms with E-state index in [1.807, 2.05) is 0 Å². The maximum atomic E-state index is 13.2. The average Bonchev–Trinajstić information content (AvgIpc) is 2.92. The second kappa shape index (κ2) is 7.71. The van der Waals surface area contributed by atoms with Gasteiger partial charge in [0.05, 0.1) is 5.75 Å². The summed E-state index contributed by atoms with van der Waals surface area (Å²) in [6.07, 6.45) is 0. The van der Waals surface area contributed by atoms with Gasteiger partial charge in [-0.25, -0.2) is 17.6 Å². The van der Waals surface area contributed by atoms with Crippen LogP contribution < -0.4 is 5.32 Å². The predicted molar refractivity (Wildman–Crippen MR) is 102 cm³/mol. The Kier molecular flexibility index (Phi) is 5.63. The molecular weight excluding hydrogens is 403 g/mol. The lowest BCUT2D eigenvalue weighted by atomic mass is 9.92. The van der Waals surface area contributed by atoms with Crippen molar-refractivity contribution in [2.45, 2.75) is 19.4 Å². The van der Waals surface area contributed by atoms with Crippen LogP contribution >= 0.6 is 0 Å². The number of imide groups is 1. The van der Waals surface area contributed by atoms with Crippen molar-refractivity contribution in [3.63, 3.8) is 0 Å². The number of halogens is 1. The molecular formula is C18H23FN4O5S. The van der Waals surface area contributed by atoms with Crippen molar-refractivity contribution in [3.8, 4) is 0 Å². The van der Waals surface area contributed by atoms with Crippen LogP contribution in [0.5, 0.6) is 0 Å². The van der Waals surface area contributed by atoms with Gasteiger partial charge in [-0.1, -0.05) is 12.1 Å². The molecule has 3 rings (SSSR count). The Bertz CT molecular complexity index is 928. The molecule has 0 aromatic heterocycles. The van der Waals surface area contributed by atoms with Crippen LogP contribution in [0.3, 0.4) is 0 Å². The highest BCUT2D eigenvalue weighted by atomic mass is 32.2. The third kappa shape index (κ3) is 3.97. The van der Waals surface area contributed by atoms with Gasteiger partial charge in [0.15, 0.2) is 0 Å². The summed E-state index contributed by atoms with van der Waals surface area (Å²) in [7, 11) is -3.32. The number of nitrogens with one attached hydrogen (secondary N) is 1. The summed E-state index contributed by atoms with van der Waals surface area (Å²) < 4.78 is 38.3. The van der Waals surface area contributed by atoms with Crippen LogP contribution in [0.1, 0.15) is 19.4 Å². The molecule has 2 aliphatic heterocycles. The zero-order valence-corrected chi connectivity index (χ0v) is 17.0. The molecule has 1 unspecified atom stereocenters. The summed E-state index contributed by atoms with van der Waals surface area (Å²) in [5.41, 5.74) is -0.982. The Hall–Kier alpha value is -2.53. The maximum Gasteiger partial charge on any atom is 0.325 e. The first kappa shape index (κ1) is 21.2. The number of nitrogens with zero attached hydrogens (tertiary/aromatic N) is 3. The molecule has 0 spiro atoms. The van der Waals surface area contributed by atoms with E-state index in [1.54, 1.807) is 6.92 Å². The zero-order valence-electron chi connectivity index (χ0n) is 16.2. The van der Waals surface area contributed by atoms with E-state index in [1.165, 1.54) is 40.4 Å². The smallest absolute Gasteiger partial charge is 0.325 e. The van der Waals surface area contributed by atoms with E-state index in [2.05, 4.69) is 5.32 Å². The molecule has 2 heterocycles. The zero-order chi connectivity index (χ0) is 21.4. The number of hydrogen-bond acceptors (Lipinski definition) is 5. The summed E-state index contributed by atoms with van der Waals surface area (Å²) in [4.78, 5) is 40.1. The van der Waals surface area contributed by atoms with Crippen LogP contribution in [0.15, 0.2) is 24.3 Å². The van der Waals surface area contributed by atoms with Crippen LogP contribution in [-0.2, 0) is 25.2 Å². The van der Waals surface area contributed by atoms with Crippen LogP contribution in [0.25, 0.3) is 0 Å². The number of carbonyl (C=O) groups is 3. The maximum absolute atomic E-state index is 13.2. The SMILES string of the molecule is CCS(=O)(=O)N1CCN(C(=O)CN2C(=O)NC(C)(c3ccc(F)cc3)C2=O)CC1. The Morgan fingerprint density at radius 3 is 2.28 bits per heavy atom. The molecule has 2 fully saturated rings. The molecule has 11 heteroatoms. The van der Waals surface area contributed by atoms with E-state index < -0.39 is 45.8 Å². The lowest BCUT2D eigenvalue weighted by Crippen LogP contribution is -2.53. The van der Waals surface area contributed by atoms with Gasteiger partial charge in [0, 0.05) is 26.2 Å². The number of piperazine rings is 1. The van der Waals surface area contributed by atoms with Crippen molar-refractivity contribution in [2.75, 3.05) is 38.5 Å². The number of carbonyl (C=O) groups excluding carboxylic acids is 3. The Morgan fingerprint density at radius 2 is 1.72 bits per heavy atom. The number of rotatable bonds is 5. The topological polar surface area (TPSA) is 107 Å². The summed E-state index contributed by atoms with van der Waals surface area (Å²) in [6, 6.07) is 4.50. The van der Waals surface area contributed by atoms with Gasteiger partial charge < -0.3 is 10.2 Å². The fraction of sp³-hybridized carbons (Fsp3) is 0.500. The first-order valence-electron chi connectivity index (χ1n) is 9.24. The van der Waals surface area contributed by atoms with Crippen LogP contribution in [-0.4, -0.2) is 78.8 Å². The van der Waals surface area contributed by atoms with E-state index in [4.69, 9.17) is 0 Å². The molecule has 0 bridgehead atoms. The molecule has 1 N–H and O–H groups in total. The van der Waals surface area contributed by atoms with Crippen molar-refractivity contribution in [3.05, 3.63) is 35.6 Å². The van der Waals surface area contributed by atoms with Crippen LogP contribution in [0, 0.1) is 5.82 Å². The second-order valence-corrected chi connectivity index (χ2v) is 9.39. The van der Waals surface area contributed by atoms with Crippen molar-refractivity contribution in [1.29, 1.82) is 0 Å². The molecule has 1 atom stereocenters. The molecule has 0 aliphatic carbocycles. The number of sulfonamides is 1. The lowest BCUT2D eigenvalue weighted by molar-refractivity contribution is -0.139. The number of urea groups is 1. The quantitative estimate of drug-likeness (QED) is 0.672. The average molecular weight is 426 g/mol. The molecule has 4 amide bonds. The molecule has 2 saturated heterocycles. The molecule has 29 heavy (non-hydrogen) atoms. The number of benzene rings is 1. The van der Waals surface area contributed by atoms with Crippen molar-refractivity contribution in [1.82, 2.24) is 19.4 Å². The summed E-state index contributed by atoms with van der Waals surface area (Å²) >= 11 is 0. The Morgan fingerprint density at radius 1 is 1.14 bits per heavy atom. The highest BCUT2D eigenvalue weighted by molar-refractivity contribution is 7.89. The van der Waals surface area contributed by atoms with E-state index in [9.17, 15) is 27.2 Å². The van der Waals surface area contributed by atoms with Crippen molar-refractivity contribution in [2.24, 2.45) is 0 Å². The normalized spacial score (nSPS) is 23.4. The van der Waals surface area contributed by atoms with Gasteiger partial charge in [0.25, 0.3) is 5.91 Å². The van der Waals surface area contributed by atoms with E-state index in [-0.39, 0.29) is 31.9 Å². The summed E-state index contributed by atoms with van der Waals surface area (Å²) in [5, 5.41) is 2.57. The molecule has 1 aromatic carbocycles. The first-order chi connectivity index (χ1) is 13.6. The third-order valence-electron chi connectivity index (χ3n) is 5.34. The van der Waals surface area contributed by atoms with Gasteiger partial charge in [0.2, 0.25) is 15.9 Å². The predicted octanol–water partition coefficient (Wildman–Crippen LogP) is 0.0866. The monoisotopic (exact) mass is 426 g/mol. The number of amides is 4. The molecule has 158 valence electrons. The van der Waals surface area contributed by atoms with E-state index >= 15 is 0 Å². The highest BCUT2D eigenvalue weighted by Crippen LogP contribution is 2.29. The van der Waals surface area contributed by atoms with Gasteiger partial charge in [-0.15, -0.1) is 0 Å². The van der Waals surface area contributed by atoms with E-state index in [0.29, 0.717) is 5.56 Å².